The normalized spacial score (nSPS) is 10.7. The van der Waals surface area contributed by atoms with E-state index < -0.39 is 0 Å². The average molecular weight is 327 g/mol. The molecule has 0 atom stereocenters. The summed E-state index contributed by atoms with van der Waals surface area (Å²) in [7, 11) is 1.88. The summed E-state index contributed by atoms with van der Waals surface area (Å²) in [5.74, 6) is 0. The lowest BCUT2D eigenvalue weighted by Gasteiger charge is -2.06. The molecule has 0 aliphatic rings. The van der Waals surface area contributed by atoms with Crippen LogP contribution in [0.4, 0.5) is 0 Å². The van der Waals surface area contributed by atoms with Gasteiger partial charge in [-0.3, -0.25) is 4.68 Å². The van der Waals surface area contributed by atoms with Crippen molar-refractivity contribution in [2.45, 2.75) is 5.33 Å². The van der Waals surface area contributed by atoms with Crippen molar-refractivity contribution in [3.05, 3.63) is 47.9 Å². The maximum atomic E-state index is 9.16. The van der Waals surface area contributed by atoms with Crippen LogP contribution in [-0.4, -0.2) is 14.8 Å². The van der Waals surface area contributed by atoms with Gasteiger partial charge in [-0.2, -0.15) is 10.4 Å². The molecule has 20 heavy (non-hydrogen) atoms. The van der Waals surface area contributed by atoms with Crippen LogP contribution >= 0.6 is 15.9 Å². The Morgan fingerprint density at radius 1 is 1.35 bits per heavy atom. The van der Waals surface area contributed by atoms with Gasteiger partial charge in [-0.1, -0.05) is 28.1 Å². The molecule has 0 unspecified atom stereocenters. The number of rotatable bonds is 2. The SMILES string of the molecule is Cn1cc(-c2cc(C#N)nc3cc(CBr)ccc23)cn1. The van der Waals surface area contributed by atoms with Gasteiger partial charge in [0.25, 0.3) is 0 Å². The number of pyridine rings is 1. The van der Waals surface area contributed by atoms with E-state index in [1.165, 1.54) is 0 Å². The molecule has 0 bridgehead atoms. The van der Waals surface area contributed by atoms with Gasteiger partial charge in [0.15, 0.2) is 0 Å². The van der Waals surface area contributed by atoms with Crippen LogP contribution in [0.5, 0.6) is 0 Å². The minimum atomic E-state index is 0.420. The zero-order valence-electron chi connectivity index (χ0n) is 10.8. The van der Waals surface area contributed by atoms with Crippen molar-refractivity contribution >= 4 is 26.8 Å². The standard InChI is InChI=1S/C15H11BrN4/c1-20-9-11(8-18-20)14-5-12(7-17)19-15-4-10(6-16)2-3-13(14)15/h2-5,8-9H,6H2,1H3. The molecule has 0 aliphatic carbocycles. The molecule has 0 N–H and O–H groups in total. The Hall–Kier alpha value is -2.19. The molecule has 3 rings (SSSR count). The van der Waals surface area contributed by atoms with Crippen molar-refractivity contribution in [2.24, 2.45) is 7.05 Å². The lowest BCUT2D eigenvalue weighted by molar-refractivity contribution is 0.768. The second kappa shape index (κ2) is 5.06. The Balaban J connectivity index is 2.32. The van der Waals surface area contributed by atoms with Crippen molar-refractivity contribution < 1.29 is 0 Å². The van der Waals surface area contributed by atoms with Gasteiger partial charge in [0.2, 0.25) is 0 Å². The maximum Gasteiger partial charge on any atom is 0.141 e. The second-order valence-corrected chi connectivity index (χ2v) is 5.12. The van der Waals surface area contributed by atoms with Gasteiger partial charge < -0.3 is 0 Å². The van der Waals surface area contributed by atoms with Gasteiger partial charge in [-0.15, -0.1) is 0 Å². The molecule has 4 nitrogen and oxygen atoms in total. The zero-order valence-corrected chi connectivity index (χ0v) is 12.4. The van der Waals surface area contributed by atoms with Crippen LogP contribution in [0.1, 0.15) is 11.3 Å². The third-order valence-electron chi connectivity index (χ3n) is 3.16. The number of aryl methyl sites for hydroxylation is 1. The maximum absolute atomic E-state index is 9.16. The summed E-state index contributed by atoms with van der Waals surface area (Å²) < 4.78 is 1.75. The fraction of sp³-hybridized carbons (Fsp3) is 0.133. The van der Waals surface area contributed by atoms with Gasteiger partial charge in [0.1, 0.15) is 11.8 Å². The molecule has 2 aromatic heterocycles. The highest BCUT2D eigenvalue weighted by atomic mass is 79.9. The quantitative estimate of drug-likeness (QED) is 0.678. The van der Waals surface area contributed by atoms with E-state index in [1.54, 1.807) is 10.9 Å². The lowest BCUT2D eigenvalue weighted by atomic mass is 10.0. The average Bonchev–Trinajstić information content (AvgIpc) is 2.91. The summed E-state index contributed by atoms with van der Waals surface area (Å²) in [5.41, 5.74) is 4.36. The summed E-state index contributed by atoms with van der Waals surface area (Å²) in [6, 6.07) is 10.0. The number of nitrogens with zero attached hydrogens (tertiary/aromatic N) is 4. The number of aromatic nitrogens is 3. The van der Waals surface area contributed by atoms with E-state index in [0.29, 0.717) is 5.69 Å². The molecule has 3 aromatic rings. The summed E-state index contributed by atoms with van der Waals surface area (Å²) in [4.78, 5) is 4.39. The zero-order chi connectivity index (χ0) is 14.1. The number of halogens is 1. The Morgan fingerprint density at radius 2 is 2.20 bits per heavy atom. The number of alkyl halides is 1. The van der Waals surface area contributed by atoms with Gasteiger partial charge in [0, 0.05) is 29.5 Å². The third kappa shape index (κ3) is 2.19. The molecule has 98 valence electrons. The lowest BCUT2D eigenvalue weighted by Crippen LogP contribution is -1.90. The van der Waals surface area contributed by atoms with Gasteiger partial charge >= 0.3 is 0 Å². The van der Waals surface area contributed by atoms with Crippen molar-refractivity contribution in [1.82, 2.24) is 14.8 Å². The number of fused-ring (bicyclic) bond motifs is 1. The first-order valence-corrected chi connectivity index (χ1v) is 7.22. The molecule has 0 radical (unpaired) electrons. The molecule has 1 aromatic carbocycles. The van der Waals surface area contributed by atoms with E-state index in [0.717, 1.165) is 32.9 Å². The third-order valence-corrected chi connectivity index (χ3v) is 3.81. The van der Waals surface area contributed by atoms with Gasteiger partial charge in [-0.25, -0.2) is 4.98 Å². The molecular formula is C15H11BrN4. The van der Waals surface area contributed by atoms with Crippen LogP contribution in [0, 0.1) is 11.3 Å². The fourth-order valence-electron chi connectivity index (χ4n) is 2.21. The summed E-state index contributed by atoms with van der Waals surface area (Å²) in [6.07, 6.45) is 3.74. The minimum Gasteiger partial charge on any atom is -0.275 e. The van der Waals surface area contributed by atoms with Crippen LogP contribution in [0.15, 0.2) is 36.7 Å². The van der Waals surface area contributed by atoms with Crippen LogP contribution < -0.4 is 0 Å². The first kappa shape index (κ1) is 12.8. The Bertz CT molecular complexity index is 829. The monoisotopic (exact) mass is 326 g/mol. The van der Waals surface area contributed by atoms with Crippen molar-refractivity contribution in [3.63, 3.8) is 0 Å². The summed E-state index contributed by atoms with van der Waals surface area (Å²) in [5, 5.41) is 15.1. The summed E-state index contributed by atoms with van der Waals surface area (Å²) >= 11 is 3.44. The topological polar surface area (TPSA) is 54.5 Å². The number of hydrogen-bond donors (Lipinski definition) is 0. The highest BCUT2D eigenvalue weighted by Gasteiger charge is 2.10. The first-order chi connectivity index (χ1) is 9.71. The largest absolute Gasteiger partial charge is 0.275 e. The molecule has 2 heterocycles. The van der Waals surface area contributed by atoms with Crippen LogP contribution in [-0.2, 0) is 12.4 Å². The van der Waals surface area contributed by atoms with E-state index in [-0.39, 0.29) is 0 Å². The molecule has 0 saturated heterocycles. The second-order valence-electron chi connectivity index (χ2n) is 4.55. The van der Waals surface area contributed by atoms with Crippen LogP contribution in [0.3, 0.4) is 0 Å². The van der Waals surface area contributed by atoms with E-state index in [1.807, 2.05) is 31.4 Å². The fourth-order valence-corrected chi connectivity index (χ4v) is 2.56. The number of hydrogen-bond acceptors (Lipinski definition) is 3. The van der Waals surface area contributed by atoms with Crippen molar-refractivity contribution in [1.29, 1.82) is 5.26 Å². The molecule has 5 heteroatoms. The minimum absolute atomic E-state index is 0.420. The molecule has 0 spiro atoms. The van der Waals surface area contributed by atoms with Crippen molar-refractivity contribution in [3.8, 4) is 17.2 Å². The van der Waals surface area contributed by atoms with E-state index in [2.05, 4.69) is 38.1 Å². The molecule has 0 amide bonds. The van der Waals surface area contributed by atoms with Gasteiger partial charge in [-0.05, 0) is 23.3 Å². The Labute approximate surface area is 124 Å². The molecule has 0 aliphatic heterocycles. The van der Waals surface area contributed by atoms with E-state index in [9.17, 15) is 0 Å². The number of benzene rings is 1. The first-order valence-electron chi connectivity index (χ1n) is 6.10. The Morgan fingerprint density at radius 3 is 2.85 bits per heavy atom. The van der Waals surface area contributed by atoms with Gasteiger partial charge in [0.05, 0.1) is 11.7 Å². The summed E-state index contributed by atoms with van der Waals surface area (Å²) in [6.45, 7) is 0. The molecule has 0 saturated carbocycles. The smallest absolute Gasteiger partial charge is 0.141 e. The van der Waals surface area contributed by atoms with Crippen LogP contribution in [0.2, 0.25) is 0 Å². The van der Waals surface area contributed by atoms with Crippen LogP contribution in [0.25, 0.3) is 22.0 Å². The van der Waals surface area contributed by atoms with Crippen molar-refractivity contribution in [2.75, 3.05) is 0 Å². The highest BCUT2D eigenvalue weighted by molar-refractivity contribution is 9.08. The van der Waals surface area contributed by atoms with E-state index >= 15 is 0 Å². The number of nitriles is 1. The predicted molar refractivity (Wildman–Crippen MR) is 81.3 cm³/mol. The molecular weight excluding hydrogens is 316 g/mol. The predicted octanol–water partition coefficient (Wildman–Crippen LogP) is 3.40. The highest BCUT2D eigenvalue weighted by Crippen LogP contribution is 2.29. The van der Waals surface area contributed by atoms with E-state index in [4.69, 9.17) is 5.26 Å². The Kier molecular flexibility index (Phi) is 3.25. The molecule has 0 fully saturated rings.